The van der Waals surface area contributed by atoms with Gasteiger partial charge < -0.3 is 28.1 Å². The van der Waals surface area contributed by atoms with Gasteiger partial charge in [-0.1, -0.05) is 112 Å². The maximum atomic E-state index is 12.4. The van der Waals surface area contributed by atoms with Crippen LogP contribution in [0.2, 0.25) is 5.04 Å². The lowest BCUT2D eigenvalue weighted by Crippen LogP contribution is -2.68. The van der Waals surface area contributed by atoms with Gasteiger partial charge in [-0.15, -0.1) is 0 Å². The molecule has 240 valence electrons. The molecule has 9 nitrogen and oxygen atoms in total. The van der Waals surface area contributed by atoms with Crippen LogP contribution in [0.4, 0.5) is 0 Å². The molecule has 0 N–H and O–H groups in total. The number of carbonyl (C=O) groups is 3. The van der Waals surface area contributed by atoms with Crippen molar-refractivity contribution < 1.29 is 42.5 Å². The first kappa shape index (κ1) is 34.0. The predicted molar refractivity (Wildman–Crippen MR) is 170 cm³/mol. The van der Waals surface area contributed by atoms with Gasteiger partial charge in [0, 0.05) is 20.8 Å². The van der Waals surface area contributed by atoms with E-state index in [1.807, 2.05) is 66.7 Å². The highest BCUT2D eigenvalue weighted by Crippen LogP contribution is 2.42. The van der Waals surface area contributed by atoms with E-state index in [-0.39, 0.29) is 24.9 Å². The standard InChI is InChI=1S/C35H42O9Si/c1-25(36)40-23-35(24-41-45(34(4,5)6,29-18-12-8-13-19-29)30-20-14-9-15-21-30)32(39-22-28-16-10-7-11-17-28)31(42-26(2)37)33(44-35)43-27(3)38/h7-21,31-33H,22-24H2,1-6H3/t31-,32?,33?,35-/m0/s1. The Labute approximate surface area is 265 Å². The van der Waals surface area contributed by atoms with Gasteiger partial charge in [0.2, 0.25) is 6.29 Å². The van der Waals surface area contributed by atoms with Gasteiger partial charge in [-0.2, -0.15) is 0 Å². The van der Waals surface area contributed by atoms with Gasteiger partial charge in [0.05, 0.1) is 13.2 Å². The minimum absolute atomic E-state index is 0.112. The average Bonchev–Trinajstić information content (AvgIpc) is 3.26. The number of hydrogen-bond donors (Lipinski definition) is 0. The Morgan fingerprint density at radius 3 is 1.71 bits per heavy atom. The van der Waals surface area contributed by atoms with Crippen molar-refractivity contribution in [2.24, 2.45) is 0 Å². The molecule has 0 aliphatic carbocycles. The third-order valence-corrected chi connectivity index (χ3v) is 12.7. The molecule has 10 heteroatoms. The number of rotatable bonds is 12. The number of benzene rings is 3. The molecule has 0 aromatic heterocycles. The third kappa shape index (κ3) is 7.88. The SMILES string of the molecule is CC(=O)OC[C@@]1(CO[Si](c2ccccc2)(c2ccccc2)C(C)(C)C)OC(OC(C)=O)[C@@H](OC(C)=O)C1OCc1ccccc1. The first-order valence-corrected chi connectivity index (χ1v) is 16.8. The molecule has 3 aromatic carbocycles. The summed E-state index contributed by atoms with van der Waals surface area (Å²) in [4.78, 5) is 36.8. The highest BCUT2D eigenvalue weighted by atomic mass is 28.4. The quantitative estimate of drug-likeness (QED) is 0.164. The van der Waals surface area contributed by atoms with Crippen molar-refractivity contribution in [3.63, 3.8) is 0 Å². The molecule has 4 atom stereocenters. The zero-order chi connectivity index (χ0) is 32.7. The molecular weight excluding hydrogens is 592 g/mol. The Hall–Kier alpha value is -3.83. The molecule has 1 aliphatic rings. The van der Waals surface area contributed by atoms with Crippen LogP contribution in [0.25, 0.3) is 0 Å². The van der Waals surface area contributed by atoms with Gasteiger partial charge in [-0.3, -0.25) is 14.4 Å². The van der Waals surface area contributed by atoms with Gasteiger partial charge >= 0.3 is 17.9 Å². The number of carbonyl (C=O) groups excluding carboxylic acids is 3. The molecule has 0 spiro atoms. The minimum atomic E-state index is -3.14. The van der Waals surface area contributed by atoms with Crippen LogP contribution < -0.4 is 10.4 Å². The van der Waals surface area contributed by atoms with Crippen LogP contribution >= 0.6 is 0 Å². The molecule has 0 bridgehead atoms. The van der Waals surface area contributed by atoms with Crippen molar-refractivity contribution in [3.05, 3.63) is 96.6 Å². The third-order valence-electron chi connectivity index (χ3n) is 7.76. The summed E-state index contributed by atoms with van der Waals surface area (Å²) in [6.07, 6.45) is -3.57. The molecule has 0 saturated carbocycles. The molecule has 4 rings (SSSR count). The largest absolute Gasteiger partial charge is 0.463 e. The van der Waals surface area contributed by atoms with E-state index < -0.39 is 50.3 Å². The Morgan fingerprint density at radius 2 is 1.24 bits per heavy atom. The fourth-order valence-electron chi connectivity index (χ4n) is 5.87. The molecule has 1 fully saturated rings. The summed E-state index contributed by atoms with van der Waals surface area (Å²) in [5.74, 6) is -1.81. The molecule has 45 heavy (non-hydrogen) atoms. The van der Waals surface area contributed by atoms with E-state index in [0.717, 1.165) is 15.9 Å². The van der Waals surface area contributed by atoms with Gasteiger partial charge in [0.25, 0.3) is 8.32 Å². The van der Waals surface area contributed by atoms with E-state index >= 15 is 0 Å². The average molecular weight is 635 g/mol. The van der Waals surface area contributed by atoms with Crippen molar-refractivity contribution in [1.29, 1.82) is 0 Å². The van der Waals surface area contributed by atoms with Crippen LogP contribution in [0.15, 0.2) is 91.0 Å². The number of ether oxygens (including phenoxy) is 5. The zero-order valence-electron chi connectivity index (χ0n) is 26.7. The normalized spacial score (nSPS) is 21.6. The van der Waals surface area contributed by atoms with Crippen molar-refractivity contribution >= 4 is 36.6 Å². The number of hydrogen-bond acceptors (Lipinski definition) is 9. The lowest BCUT2D eigenvalue weighted by atomic mass is 9.96. The van der Waals surface area contributed by atoms with Crippen LogP contribution in [0, 0.1) is 0 Å². The van der Waals surface area contributed by atoms with E-state index in [1.54, 1.807) is 0 Å². The summed E-state index contributed by atoms with van der Waals surface area (Å²) in [7, 11) is -3.14. The van der Waals surface area contributed by atoms with E-state index in [1.165, 1.54) is 20.8 Å². The highest BCUT2D eigenvalue weighted by molar-refractivity contribution is 6.99. The second-order valence-electron chi connectivity index (χ2n) is 12.2. The molecule has 1 heterocycles. The Balaban J connectivity index is 1.86. The summed E-state index contributed by atoms with van der Waals surface area (Å²) >= 11 is 0. The van der Waals surface area contributed by atoms with Gasteiger partial charge in [0.1, 0.15) is 12.7 Å². The summed E-state index contributed by atoms with van der Waals surface area (Å²) in [6, 6.07) is 29.5. The molecule has 3 aromatic rings. The summed E-state index contributed by atoms with van der Waals surface area (Å²) in [5.41, 5.74) is -0.683. The Morgan fingerprint density at radius 1 is 0.733 bits per heavy atom. The van der Waals surface area contributed by atoms with Crippen molar-refractivity contribution in [2.75, 3.05) is 13.2 Å². The van der Waals surface area contributed by atoms with Crippen molar-refractivity contribution in [3.8, 4) is 0 Å². The lowest BCUT2D eigenvalue weighted by molar-refractivity contribution is -0.217. The van der Waals surface area contributed by atoms with Gasteiger partial charge in [-0.05, 0) is 21.0 Å². The van der Waals surface area contributed by atoms with E-state index in [0.29, 0.717) is 0 Å². The fraction of sp³-hybridized carbons (Fsp3) is 0.400. The highest BCUT2D eigenvalue weighted by Gasteiger charge is 2.62. The first-order chi connectivity index (χ1) is 21.4. The lowest BCUT2D eigenvalue weighted by Gasteiger charge is -2.45. The van der Waals surface area contributed by atoms with Crippen LogP contribution in [-0.4, -0.2) is 63.5 Å². The molecule has 0 amide bonds. The Bertz CT molecular complexity index is 1390. The second-order valence-corrected chi connectivity index (χ2v) is 16.5. The van der Waals surface area contributed by atoms with Crippen LogP contribution in [0.3, 0.4) is 0 Å². The molecular formula is C35H42O9Si. The van der Waals surface area contributed by atoms with Crippen LogP contribution in [0.5, 0.6) is 0 Å². The van der Waals surface area contributed by atoms with Crippen molar-refractivity contribution in [2.45, 2.75) is 77.3 Å². The minimum Gasteiger partial charge on any atom is -0.463 e. The van der Waals surface area contributed by atoms with E-state index in [4.69, 9.17) is 28.1 Å². The van der Waals surface area contributed by atoms with Gasteiger partial charge in [0.15, 0.2) is 11.7 Å². The summed E-state index contributed by atoms with van der Waals surface area (Å²) in [6.45, 7) is 9.86. The second kappa shape index (κ2) is 14.5. The molecule has 0 radical (unpaired) electrons. The first-order valence-electron chi connectivity index (χ1n) is 14.9. The maximum Gasteiger partial charge on any atom is 0.305 e. The van der Waals surface area contributed by atoms with Crippen LogP contribution in [0.1, 0.15) is 47.1 Å². The van der Waals surface area contributed by atoms with Gasteiger partial charge in [-0.25, -0.2) is 0 Å². The Kier molecular flexibility index (Phi) is 11.0. The van der Waals surface area contributed by atoms with Crippen molar-refractivity contribution in [1.82, 2.24) is 0 Å². The summed E-state index contributed by atoms with van der Waals surface area (Å²) < 4.78 is 37.0. The van der Waals surface area contributed by atoms with Crippen LogP contribution in [-0.2, 0) is 49.1 Å². The van der Waals surface area contributed by atoms with E-state index in [2.05, 4.69) is 45.0 Å². The molecule has 2 unspecified atom stereocenters. The maximum absolute atomic E-state index is 12.4. The monoisotopic (exact) mass is 634 g/mol. The topological polar surface area (TPSA) is 107 Å². The van der Waals surface area contributed by atoms with E-state index in [9.17, 15) is 14.4 Å². The smallest absolute Gasteiger partial charge is 0.305 e. The summed E-state index contributed by atoms with van der Waals surface area (Å²) in [5, 5.41) is 1.67. The molecule has 1 aliphatic heterocycles. The zero-order valence-corrected chi connectivity index (χ0v) is 27.7. The molecule has 1 saturated heterocycles. The number of esters is 3. The fourth-order valence-corrected chi connectivity index (χ4v) is 10.5. The predicted octanol–water partition coefficient (Wildman–Crippen LogP) is 4.30.